The summed E-state index contributed by atoms with van der Waals surface area (Å²) in [5, 5.41) is 0. The summed E-state index contributed by atoms with van der Waals surface area (Å²) < 4.78 is 0. The normalized spacial score (nSPS) is 58.8. The van der Waals surface area contributed by atoms with Crippen molar-refractivity contribution < 1.29 is 0 Å². The van der Waals surface area contributed by atoms with Gasteiger partial charge in [-0.15, -0.1) is 0 Å². The molecule has 0 radical (unpaired) electrons. The second-order valence-corrected chi connectivity index (χ2v) is 5.46. The Labute approximate surface area is 76.2 Å². The lowest BCUT2D eigenvalue weighted by Gasteiger charge is -2.22. The number of fused-ring (bicyclic) bond motifs is 5. The maximum absolute atomic E-state index is 3.81. The molecule has 1 heteroatoms. The molecule has 0 saturated heterocycles. The monoisotopic (exact) mass is 212 g/mol. The van der Waals surface area contributed by atoms with E-state index in [0.717, 1.165) is 28.5 Å². The van der Waals surface area contributed by atoms with Crippen LogP contribution >= 0.6 is 15.9 Å². The number of halogens is 1. The van der Waals surface area contributed by atoms with Crippen molar-refractivity contribution in [3.05, 3.63) is 12.2 Å². The Morgan fingerprint density at radius 1 is 1.09 bits per heavy atom. The molecule has 0 aromatic carbocycles. The number of alkyl halides is 1. The molecule has 0 heterocycles. The molecule has 2 fully saturated rings. The Bertz CT molecular complexity index is 209. The highest BCUT2D eigenvalue weighted by Crippen LogP contribution is 2.57. The zero-order valence-corrected chi connectivity index (χ0v) is 8.13. The van der Waals surface area contributed by atoms with E-state index in [1.54, 1.807) is 0 Å². The van der Waals surface area contributed by atoms with E-state index in [2.05, 4.69) is 28.1 Å². The van der Waals surface area contributed by atoms with Gasteiger partial charge in [0.25, 0.3) is 0 Å². The van der Waals surface area contributed by atoms with Gasteiger partial charge < -0.3 is 0 Å². The van der Waals surface area contributed by atoms with Crippen LogP contribution in [0, 0.1) is 23.7 Å². The first-order valence-corrected chi connectivity index (χ1v) is 5.60. The smallest absolute Gasteiger partial charge is 0.0182 e. The van der Waals surface area contributed by atoms with Crippen molar-refractivity contribution in [3.8, 4) is 0 Å². The van der Waals surface area contributed by atoms with Crippen molar-refractivity contribution in [2.75, 3.05) is 0 Å². The number of rotatable bonds is 0. The largest absolute Gasteiger partial charge is 0.0887 e. The Morgan fingerprint density at radius 2 is 1.91 bits per heavy atom. The van der Waals surface area contributed by atoms with E-state index in [1.807, 2.05) is 0 Å². The highest BCUT2D eigenvalue weighted by Gasteiger charge is 2.50. The second kappa shape index (κ2) is 2.12. The molecule has 0 spiro atoms. The van der Waals surface area contributed by atoms with Crippen LogP contribution < -0.4 is 0 Å². The molecule has 0 N–H and O–H groups in total. The third-order valence-corrected chi connectivity index (χ3v) is 4.95. The fourth-order valence-electron chi connectivity index (χ4n) is 3.45. The Morgan fingerprint density at radius 3 is 2.73 bits per heavy atom. The van der Waals surface area contributed by atoms with Gasteiger partial charge in [-0.25, -0.2) is 0 Å². The number of hydrogen-bond acceptors (Lipinski definition) is 0. The lowest BCUT2D eigenvalue weighted by atomic mass is 9.86. The summed E-state index contributed by atoms with van der Waals surface area (Å²) in [6.07, 6.45) is 9.30. The van der Waals surface area contributed by atoms with E-state index < -0.39 is 0 Å². The van der Waals surface area contributed by atoms with Crippen LogP contribution in [0.25, 0.3) is 0 Å². The van der Waals surface area contributed by atoms with Crippen molar-refractivity contribution in [1.82, 2.24) is 0 Å². The molecule has 0 aromatic heterocycles. The van der Waals surface area contributed by atoms with Gasteiger partial charge >= 0.3 is 0 Å². The minimum Gasteiger partial charge on any atom is -0.0887 e. The first-order valence-electron chi connectivity index (χ1n) is 4.68. The molecule has 0 nitrogen and oxygen atoms in total. The summed E-state index contributed by atoms with van der Waals surface area (Å²) >= 11 is 3.81. The molecule has 3 rings (SSSR count). The van der Waals surface area contributed by atoms with Gasteiger partial charge in [-0.1, -0.05) is 28.1 Å². The predicted octanol–water partition coefficient (Wildman–Crippen LogP) is 2.98. The summed E-state index contributed by atoms with van der Waals surface area (Å²) in [5.41, 5.74) is 0. The predicted molar refractivity (Wildman–Crippen MR) is 49.7 cm³/mol. The van der Waals surface area contributed by atoms with Crippen molar-refractivity contribution in [1.29, 1.82) is 0 Å². The van der Waals surface area contributed by atoms with E-state index >= 15 is 0 Å². The maximum Gasteiger partial charge on any atom is 0.0182 e. The van der Waals surface area contributed by atoms with Crippen LogP contribution in [-0.4, -0.2) is 4.83 Å². The molecule has 2 bridgehead atoms. The number of allylic oxidation sites excluding steroid dienone is 2. The van der Waals surface area contributed by atoms with Crippen LogP contribution in [0.5, 0.6) is 0 Å². The topological polar surface area (TPSA) is 0 Å². The SMILES string of the molecule is Br[C@@H]1CC[C@H]2[C@@H]1[C@H]1C=C[C@@H]2C1. The quantitative estimate of drug-likeness (QED) is 0.428. The molecular weight excluding hydrogens is 200 g/mol. The van der Waals surface area contributed by atoms with E-state index in [0.29, 0.717) is 0 Å². The minimum atomic E-state index is 0.840. The van der Waals surface area contributed by atoms with Gasteiger partial charge in [-0.2, -0.15) is 0 Å². The highest BCUT2D eigenvalue weighted by molar-refractivity contribution is 9.09. The Balaban J connectivity index is 1.97. The molecule has 3 aliphatic rings. The molecule has 11 heavy (non-hydrogen) atoms. The number of hydrogen-bond donors (Lipinski definition) is 0. The van der Waals surface area contributed by atoms with Gasteiger partial charge in [0, 0.05) is 4.83 Å². The van der Waals surface area contributed by atoms with Gasteiger partial charge in [0.15, 0.2) is 0 Å². The zero-order chi connectivity index (χ0) is 7.42. The summed E-state index contributed by atoms with van der Waals surface area (Å²) in [6, 6.07) is 0. The lowest BCUT2D eigenvalue weighted by Crippen LogP contribution is -2.18. The maximum atomic E-state index is 3.81. The molecule has 0 unspecified atom stereocenters. The molecule has 0 aliphatic heterocycles. The van der Waals surface area contributed by atoms with E-state index in [1.165, 1.54) is 19.3 Å². The molecule has 2 saturated carbocycles. The van der Waals surface area contributed by atoms with Crippen molar-refractivity contribution in [2.45, 2.75) is 24.1 Å². The molecule has 0 amide bonds. The summed E-state index contributed by atoms with van der Waals surface area (Å²) in [6.45, 7) is 0. The van der Waals surface area contributed by atoms with Crippen LogP contribution in [0.2, 0.25) is 0 Å². The van der Waals surface area contributed by atoms with Gasteiger partial charge in [-0.05, 0) is 42.9 Å². The lowest BCUT2D eigenvalue weighted by molar-refractivity contribution is 0.371. The molecule has 3 aliphatic carbocycles. The van der Waals surface area contributed by atoms with Crippen LogP contribution in [0.1, 0.15) is 19.3 Å². The first-order chi connectivity index (χ1) is 5.36. The van der Waals surface area contributed by atoms with E-state index in [-0.39, 0.29) is 0 Å². The summed E-state index contributed by atoms with van der Waals surface area (Å²) in [5.74, 6) is 3.96. The van der Waals surface area contributed by atoms with Crippen molar-refractivity contribution in [3.63, 3.8) is 0 Å². The van der Waals surface area contributed by atoms with Gasteiger partial charge in [0.2, 0.25) is 0 Å². The minimum absolute atomic E-state index is 0.840. The third-order valence-electron chi connectivity index (χ3n) is 3.88. The van der Waals surface area contributed by atoms with Crippen molar-refractivity contribution >= 4 is 15.9 Å². The zero-order valence-electron chi connectivity index (χ0n) is 6.54. The van der Waals surface area contributed by atoms with Gasteiger partial charge in [0.05, 0.1) is 0 Å². The summed E-state index contributed by atoms with van der Waals surface area (Å²) in [4.78, 5) is 0.840. The molecular formula is C10H13Br. The average Bonchev–Trinajstić information content (AvgIpc) is 2.60. The van der Waals surface area contributed by atoms with Gasteiger partial charge in [-0.3, -0.25) is 0 Å². The first kappa shape index (κ1) is 6.71. The Hall–Kier alpha value is 0.220. The van der Waals surface area contributed by atoms with E-state index in [9.17, 15) is 0 Å². The van der Waals surface area contributed by atoms with Crippen LogP contribution in [0.4, 0.5) is 0 Å². The fraction of sp³-hybridized carbons (Fsp3) is 0.800. The standard InChI is InChI=1S/C10H13Br/c11-9-4-3-8-6-1-2-7(5-6)10(8)9/h1-2,6-10H,3-5H2/t6-,7+,8-,9-,10+/m1/s1. The molecule has 60 valence electrons. The van der Waals surface area contributed by atoms with Crippen LogP contribution in [0.3, 0.4) is 0 Å². The second-order valence-electron chi connectivity index (χ2n) is 4.28. The molecule has 5 atom stereocenters. The van der Waals surface area contributed by atoms with E-state index in [4.69, 9.17) is 0 Å². The Kier molecular flexibility index (Phi) is 1.30. The molecule has 0 aromatic rings. The summed E-state index contributed by atoms with van der Waals surface area (Å²) in [7, 11) is 0. The fourth-order valence-corrected chi connectivity index (χ4v) is 4.50. The third kappa shape index (κ3) is 0.756. The van der Waals surface area contributed by atoms with Crippen LogP contribution in [-0.2, 0) is 0 Å². The average molecular weight is 213 g/mol. The van der Waals surface area contributed by atoms with Crippen LogP contribution in [0.15, 0.2) is 12.2 Å². The highest BCUT2D eigenvalue weighted by atomic mass is 79.9. The van der Waals surface area contributed by atoms with Crippen molar-refractivity contribution in [2.24, 2.45) is 23.7 Å². The van der Waals surface area contributed by atoms with Gasteiger partial charge in [0.1, 0.15) is 0 Å².